The van der Waals surface area contributed by atoms with Crippen LogP contribution in [0.5, 0.6) is 0 Å². The first-order valence-corrected chi connectivity index (χ1v) is 2.66. The third-order valence-corrected chi connectivity index (χ3v) is 1.32. The minimum Gasteiger partial charge on any atom is -0.391 e. The van der Waals surface area contributed by atoms with E-state index in [2.05, 4.69) is 0 Å². The molecule has 4 heteroatoms. The van der Waals surface area contributed by atoms with Crippen molar-refractivity contribution in [1.29, 1.82) is 0 Å². The third-order valence-electron chi connectivity index (χ3n) is 0.588. The number of halogens is 2. The van der Waals surface area contributed by atoms with Gasteiger partial charge in [-0.25, -0.2) is 4.39 Å². The highest BCUT2D eigenvalue weighted by Crippen LogP contribution is 2.13. The summed E-state index contributed by atoms with van der Waals surface area (Å²) in [6, 6.07) is 1.30. The minimum absolute atomic E-state index is 0. The van der Waals surface area contributed by atoms with Gasteiger partial charge in [-0.2, -0.15) is 0 Å². The van der Waals surface area contributed by atoms with Gasteiger partial charge in [-0.05, 0) is 0 Å². The average Bonchev–Trinajstić information content (AvgIpc) is 1.87. The summed E-state index contributed by atoms with van der Waals surface area (Å²) in [4.78, 5) is 0. The molecule has 1 aromatic heterocycles. The molecule has 0 saturated carbocycles. The molecule has 0 spiro atoms. The molecule has 0 fully saturated rings. The van der Waals surface area contributed by atoms with Crippen LogP contribution in [0.25, 0.3) is 0 Å². The summed E-state index contributed by atoms with van der Waals surface area (Å²) in [6.45, 7) is 0. The zero-order valence-corrected chi connectivity index (χ0v) is 5.56. The summed E-state index contributed by atoms with van der Waals surface area (Å²) in [7, 11) is 0. The molecule has 0 amide bonds. The predicted octanol–water partition coefficient (Wildman–Crippen LogP) is 1.89. The van der Waals surface area contributed by atoms with Crippen molar-refractivity contribution in [1.82, 2.24) is 0 Å². The number of hydrogen-bond acceptors (Lipinski definition) is 2. The Kier molecular flexibility index (Phi) is 2.79. The van der Waals surface area contributed by atoms with E-state index in [1.807, 2.05) is 0 Å². The normalized spacial score (nSPS) is 8.12. The molecule has 1 heterocycles. The molecular formula is C4H5ClFNS. The van der Waals surface area contributed by atoms with Crippen LogP contribution in [0.3, 0.4) is 0 Å². The van der Waals surface area contributed by atoms with Crippen LogP contribution in [-0.2, 0) is 0 Å². The van der Waals surface area contributed by atoms with Crippen LogP contribution >= 0.6 is 23.7 Å². The molecule has 2 N–H and O–H groups in total. The van der Waals surface area contributed by atoms with E-state index < -0.39 is 0 Å². The van der Waals surface area contributed by atoms with E-state index in [4.69, 9.17) is 5.73 Å². The van der Waals surface area contributed by atoms with Crippen LogP contribution in [-0.4, -0.2) is 0 Å². The Labute approximate surface area is 56.7 Å². The van der Waals surface area contributed by atoms with Gasteiger partial charge in [0.2, 0.25) is 0 Å². The molecule has 0 aliphatic heterocycles. The average molecular weight is 154 g/mol. The van der Waals surface area contributed by atoms with Crippen LogP contribution in [0.2, 0.25) is 0 Å². The van der Waals surface area contributed by atoms with Gasteiger partial charge in [0, 0.05) is 11.4 Å². The lowest BCUT2D eigenvalue weighted by molar-refractivity contribution is 0.634. The first-order valence-electron chi connectivity index (χ1n) is 1.78. The molecule has 1 nitrogen and oxygen atoms in total. The monoisotopic (exact) mass is 153 g/mol. The smallest absolute Gasteiger partial charge is 0.136 e. The van der Waals surface area contributed by atoms with Gasteiger partial charge >= 0.3 is 0 Å². The lowest BCUT2D eigenvalue weighted by Crippen LogP contribution is -1.73. The van der Waals surface area contributed by atoms with E-state index in [0.29, 0.717) is 5.00 Å². The Hall–Kier alpha value is -0.280. The topological polar surface area (TPSA) is 26.0 Å². The maximum atomic E-state index is 11.9. The van der Waals surface area contributed by atoms with Gasteiger partial charge in [0.05, 0.1) is 5.00 Å². The van der Waals surface area contributed by atoms with Crippen molar-refractivity contribution < 1.29 is 4.39 Å². The summed E-state index contributed by atoms with van der Waals surface area (Å²) in [5.74, 6) is -0.248. The summed E-state index contributed by atoms with van der Waals surface area (Å²) in [5.41, 5.74) is 5.16. The lowest BCUT2D eigenvalue weighted by Gasteiger charge is -1.69. The van der Waals surface area contributed by atoms with E-state index in [9.17, 15) is 4.39 Å². The number of anilines is 1. The molecule has 0 atom stereocenters. The van der Waals surface area contributed by atoms with Crippen LogP contribution in [0.15, 0.2) is 11.4 Å². The first-order chi connectivity index (χ1) is 3.29. The zero-order valence-electron chi connectivity index (χ0n) is 3.93. The second kappa shape index (κ2) is 2.89. The maximum absolute atomic E-state index is 11.9. The Bertz CT molecular complexity index is 148. The number of nitrogens with two attached hydrogens (primary N) is 1. The Morgan fingerprint density at radius 2 is 2.25 bits per heavy atom. The molecule has 0 aromatic carbocycles. The Balaban J connectivity index is 0.000000490. The molecule has 1 aromatic rings. The first kappa shape index (κ1) is 7.72. The summed E-state index contributed by atoms with van der Waals surface area (Å²) in [5, 5.41) is 1.90. The van der Waals surface area contributed by atoms with Crippen LogP contribution in [0, 0.1) is 5.82 Å². The van der Waals surface area contributed by atoms with Crippen molar-refractivity contribution in [2.75, 3.05) is 5.73 Å². The molecule has 46 valence electrons. The van der Waals surface area contributed by atoms with Crippen molar-refractivity contribution in [3.8, 4) is 0 Å². The molecule has 0 aliphatic rings. The van der Waals surface area contributed by atoms with Crippen molar-refractivity contribution in [2.24, 2.45) is 0 Å². The summed E-state index contributed by atoms with van der Waals surface area (Å²) in [6.07, 6.45) is 0. The predicted molar refractivity (Wildman–Crippen MR) is 35.9 cm³/mol. The highest BCUT2D eigenvalue weighted by molar-refractivity contribution is 7.13. The molecule has 1 rings (SSSR count). The van der Waals surface area contributed by atoms with Crippen molar-refractivity contribution >= 4 is 28.7 Å². The fourth-order valence-electron chi connectivity index (χ4n) is 0.328. The molecule has 0 aliphatic carbocycles. The number of thiophene rings is 1. The van der Waals surface area contributed by atoms with Gasteiger partial charge in [0.15, 0.2) is 0 Å². The van der Waals surface area contributed by atoms with Crippen molar-refractivity contribution in [3.05, 3.63) is 17.3 Å². The second-order valence-corrected chi connectivity index (χ2v) is 2.11. The quantitative estimate of drug-likeness (QED) is 0.605. The zero-order chi connectivity index (χ0) is 5.28. The number of nitrogen functional groups attached to an aromatic ring is 1. The van der Waals surface area contributed by atoms with Crippen molar-refractivity contribution in [3.63, 3.8) is 0 Å². The van der Waals surface area contributed by atoms with Gasteiger partial charge in [0.25, 0.3) is 0 Å². The molecule has 0 bridgehead atoms. The molecule has 0 unspecified atom stereocenters. The van der Waals surface area contributed by atoms with Crippen LogP contribution in [0.1, 0.15) is 0 Å². The number of rotatable bonds is 0. The van der Waals surface area contributed by atoms with E-state index in [-0.39, 0.29) is 18.2 Å². The van der Waals surface area contributed by atoms with Crippen molar-refractivity contribution in [2.45, 2.75) is 0 Å². The summed E-state index contributed by atoms with van der Waals surface area (Å²) >= 11 is 1.21. The molecule has 0 saturated heterocycles. The van der Waals surface area contributed by atoms with E-state index in [1.54, 1.807) is 0 Å². The molecule has 8 heavy (non-hydrogen) atoms. The van der Waals surface area contributed by atoms with Gasteiger partial charge in [0.1, 0.15) is 5.82 Å². The largest absolute Gasteiger partial charge is 0.391 e. The van der Waals surface area contributed by atoms with Crippen LogP contribution in [0.4, 0.5) is 9.39 Å². The highest BCUT2D eigenvalue weighted by atomic mass is 35.5. The van der Waals surface area contributed by atoms with Gasteiger partial charge < -0.3 is 5.73 Å². The van der Waals surface area contributed by atoms with Crippen LogP contribution < -0.4 is 5.73 Å². The Morgan fingerprint density at radius 3 is 2.38 bits per heavy atom. The minimum atomic E-state index is -0.248. The van der Waals surface area contributed by atoms with E-state index >= 15 is 0 Å². The fourth-order valence-corrected chi connectivity index (χ4v) is 0.826. The summed E-state index contributed by atoms with van der Waals surface area (Å²) < 4.78 is 11.9. The standard InChI is InChI=1S/C4H4FNS.ClH/c5-3-1-4(6)7-2-3;/h1-2H,6H2;1H. The third kappa shape index (κ3) is 1.68. The van der Waals surface area contributed by atoms with Gasteiger partial charge in [-0.1, -0.05) is 0 Å². The fraction of sp³-hybridized carbons (Fsp3) is 0. The van der Waals surface area contributed by atoms with E-state index in [0.717, 1.165) is 0 Å². The molecular weight excluding hydrogens is 149 g/mol. The van der Waals surface area contributed by atoms with Gasteiger partial charge in [-0.15, -0.1) is 23.7 Å². The lowest BCUT2D eigenvalue weighted by atomic mass is 10.6. The van der Waals surface area contributed by atoms with Gasteiger partial charge in [-0.3, -0.25) is 0 Å². The molecule has 0 radical (unpaired) electrons. The highest BCUT2D eigenvalue weighted by Gasteiger charge is 1.89. The SMILES string of the molecule is Cl.Nc1cc(F)cs1. The van der Waals surface area contributed by atoms with E-state index in [1.165, 1.54) is 22.8 Å². The number of hydrogen-bond donors (Lipinski definition) is 1. The maximum Gasteiger partial charge on any atom is 0.136 e. The Morgan fingerprint density at radius 1 is 1.62 bits per heavy atom. The second-order valence-electron chi connectivity index (χ2n) is 1.17.